The quantitative estimate of drug-likeness (QED) is 0.768. The second-order valence-corrected chi connectivity index (χ2v) is 3.76. The van der Waals surface area contributed by atoms with Crippen LogP contribution in [0.5, 0.6) is 5.75 Å². The van der Waals surface area contributed by atoms with Crippen molar-refractivity contribution in [3.05, 3.63) is 24.5 Å². The molecule has 0 amide bonds. The molecule has 1 heterocycles. The first-order valence-corrected chi connectivity index (χ1v) is 5.26. The van der Waals surface area contributed by atoms with Gasteiger partial charge in [0.15, 0.2) is 0 Å². The largest absolute Gasteiger partial charge is 0.497 e. The topological polar surface area (TPSA) is 27.1 Å². The zero-order valence-corrected chi connectivity index (χ0v) is 9.40. The molecule has 1 unspecified atom stereocenters. The van der Waals surface area contributed by atoms with Crippen LogP contribution in [-0.4, -0.2) is 16.7 Å². The van der Waals surface area contributed by atoms with Crippen LogP contribution >= 0.6 is 0 Å². The standard InChI is InChI=1S/C12H16N2O/c1-4-9(2)14-8-13-11-6-5-10(15-3)7-12(11)14/h5-9H,4H2,1-3H3. The fourth-order valence-electron chi connectivity index (χ4n) is 1.68. The molecule has 0 aliphatic rings. The number of imidazole rings is 1. The maximum absolute atomic E-state index is 5.22. The van der Waals surface area contributed by atoms with E-state index >= 15 is 0 Å². The Morgan fingerprint density at radius 2 is 2.27 bits per heavy atom. The van der Waals surface area contributed by atoms with Gasteiger partial charge in [-0.25, -0.2) is 4.98 Å². The number of hydrogen-bond donors (Lipinski definition) is 0. The zero-order chi connectivity index (χ0) is 10.8. The average Bonchev–Trinajstić information content (AvgIpc) is 2.70. The van der Waals surface area contributed by atoms with Gasteiger partial charge in [-0.2, -0.15) is 0 Å². The van der Waals surface area contributed by atoms with Crippen LogP contribution in [-0.2, 0) is 0 Å². The Kier molecular flexibility index (Phi) is 2.62. The van der Waals surface area contributed by atoms with E-state index in [1.165, 1.54) is 0 Å². The first-order valence-electron chi connectivity index (χ1n) is 5.26. The number of hydrogen-bond acceptors (Lipinski definition) is 2. The molecule has 80 valence electrons. The minimum Gasteiger partial charge on any atom is -0.497 e. The Morgan fingerprint density at radius 3 is 2.93 bits per heavy atom. The Balaban J connectivity index is 2.56. The first-order chi connectivity index (χ1) is 7.26. The third-order valence-electron chi connectivity index (χ3n) is 2.85. The second kappa shape index (κ2) is 3.93. The number of nitrogens with zero attached hydrogens (tertiary/aromatic N) is 2. The summed E-state index contributed by atoms with van der Waals surface area (Å²) in [5.74, 6) is 0.882. The van der Waals surface area contributed by atoms with Crippen molar-refractivity contribution < 1.29 is 4.74 Å². The maximum atomic E-state index is 5.22. The summed E-state index contributed by atoms with van der Waals surface area (Å²) in [7, 11) is 1.69. The molecule has 3 nitrogen and oxygen atoms in total. The molecule has 2 rings (SSSR count). The van der Waals surface area contributed by atoms with Gasteiger partial charge in [-0.1, -0.05) is 6.92 Å². The molecule has 1 atom stereocenters. The van der Waals surface area contributed by atoms with Gasteiger partial charge in [-0.3, -0.25) is 0 Å². The minimum atomic E-state index is 0.474. The molecule has 0 saturated heterocycles. The van der Waals surface area contributed by atoms with Crippen molar-refractivity contribution in [3.8, 4) is 5.75 Å². The summed E-state index contributed by atoms with van der Waals surface area (Å²) in [5, 5.41) is 0. The van der Waals surface area contributed by atoms with Crippen LogP contribution in [0.25, 0.3) is 11.0 Å². The van der Waals surface area contributed by atoms with Gasteiger partial charge >= 0.3 is 0 Å². The highest BCUT2D eigenvalue weighted by atomic mass is 16.5. The summed E-state index contributed by atoms with van der Waals surface area (Å²) in [6.45, 7) is 4.37. The van der Waals surface area contributed by atoms with Crippen molar-refractivity contribution in [2.45, 2.75) is 26.3 Å². The molecule has 0 bridgehead atoms. The van der Waals surface area contributed by atoms with E-state index in [-0.39, 0.29) is 0 Å². The van der Waals surface area contributed by atoms with Gasteiger partial charge in [0.1, 0.15) is 5.75 Å². The lowest BCUT2D eigenvalue weighted by atomic mass is 10.2. The molecule has 3 heteroatoms. The van der Waals surface area contributed by atoms with Gasteiger partial charge in [-0.05, 0) is 25.5 Å². The predicted molar refractivity (Wildman–Crippen MR) is 61.3 cm³/mol. The van der Waals surface area contributed by atoms with E-state index in [0.717, 1.165) is 23.2 Å². The monoisotopic (exact) mass is 204 g/mol. The molecule has 1 aromatic carbocycles. The normalized spacial score (nSPS) is 13.0. The Bertz CT molecular complexity index is 462. The molecular formula is C12H16N2O. The summed E-state index contributed by atoms with van der Waals surface area (Å²) < 4.78 is 7.41. The number of benzene rings is 1. The molecule has 0 aliphatic carbocycles. The van der Waals surface area contributed by atoms with Crippen LogP contribution < -0.4 is 4.74 Å². The third-order valence-corrected chi connectivity index (χ3v) is 2.85. The molecule has 0 N–H and O–H groups in total. The van der Waals surface area contributed by atoms with Crippen LogP contribution in [0.15, 0.2) is 24.5 Å². The highest BCUT2D eigenvalue weighted by Crippen LogP contribution is 2.23. The Labute approximate surface area is 89.7 Å². The van der Waals surface area contributed by atoms with Gasteiger partial charge < -0.3 is 9.30 Å². The van der Waals surface area contributed by atoms with Crippen LogP contribution in [0.4, 0.5) is 0 Å². The van der Waals surface area contributed by atoms with Gasteiger partial charge in [0.2, 0.25) is 0 Å². The fourth-order valence-corrected chi connectivity index (χ4v) is 1.68. The lowest BCUT2D eigenvalue weighted by Gasteiger charge is -2.11. The number of methoxy groups -OCH3 is 1. The molecule has 0 spiro atoms. The average molecular weight is 204 g/mol. The SMILES string of the molecule is CCC(C)n1cnc2ccc(OC)cc21. The van der Waals surface area contributed by atoms with E-state index in [1.807, 2.05) is 24.5 Å². The number of ether oxygens (including phenoxy) is 1. The molecule has 1 aromatic heterocycles. The first kappa shape index (κ1) is 10.0. The van der Waals surface area contributed by atoms with Crippen LogP contribution in [0.1, 0.15) is 26.3 Å². The van der Waals surface area contributed by atoms with Gasteiger partial charge in [0.25, 0.3) is 0 Å². The van der Waals surface area contributed by atoms with E-state index in [9.17, 15) is 0 Å². The summed E-state index contributed by atoms with van der Waals surface area (Å²) in [5.41, 5.74) is 2.17. The van der Waals surface area contributed by atoms with Crippen molar-refractivity contribution in [3.63, 3.8) is 0 Å². The summed E-state index contributed by atoms with van der Waals surface area (Å²) in [4.78, 5) is 4.37. The van der Waals surface area contributed by atoms with E-state index < -0.39 is 0 Å². The molecule has 2 aromatic rings. The fraction of sp³-hybridized carbons (Fsp3) is 0.417. The molecule has 0 aliphatic heterocycles. The molecule has 0 radical (unpaired) electrons. The lowest BCUT2D eigenvalue weighted by molar-refractivity contribution is 0.415. The van der Waals surface area contributed by atoms with E-state index in [1.54, 1.807) is 7.11 Å². The van der Waals surface area contributed by atoms with E-state index in [2.05, 4.69) is 23.4 Å². The van der Waals surface area contributed by atoms with E-state index in [4.69, 9.17) is 4.74 Å². The van der Waals surface area contributed by atoms with Crippen LogP contribution in [0, 0.1) is 0 Å². The Hall–Kier alpha value is -1.51. The molecule has 15 heavy (non-hydrogen) atoms. The molecule has 0 saturated carbocycles. The van der Waals surface area contributed by atoms with Crippen molar-refractivity contribution in [1.82, 2.24) is 9.55 Å². The highest BCUT2D eigenvalue weighted by molar-refractivity contribution is 5.77. The van der Waals surface area contributed by atoms with Crippen molar-refractivity contribution in [2.24, 2.45) is 0 Å². The van der Waals surface area contributed by atoms with Crippen LogP contribution in [0.2, 0.25) is 0 Å². The third kappa shape index (κ3) is 1.69. The Morgan fingerprint density at radius 1 is 1.47 bits per heavy atom. The number of aromatic nitrogens is 2. The minimum absolute atomic E-state index is 0.474. The number of fused-ring (bicyclic) bond motifs is 1. The lowest BCUT2D eigenvalue weighted by Crippen LogP contribution is -2.01. The summed E-state index contributed by atoms with van der Waals surface area (Å²) >= 11 is 0. The van der Waals surface area contributed by atoms with Crippen molar-refractivity contribution in [2.75, 3.05) is 7.11 Å². The van der Waals surface area contributed by atoms with Crippen molar-refractivity contribution >= 4 is 11.0 Å². The highest BCUT2D eigenvalue weighted by Gasteiger charge is 2.08. The summed E-state index contributed by atoms with van der Waals surface area (Å²) in [6.07, 6.45) is 3.00. The van der Waals surface area contributed by atoms with Gasteiger partial charge in [0.05, 0.1) is 24.5 Å². The zero-order valence-electron chi connectivity index (χ0n) is 9.40. The molecule has 0 fully saturated rings. The second-order valence-electron chi connectivity index (χ2n) is 3.76. The summed E-state index contributed by atoms with van der Waals surface area (Å²) in [6, 6.07) is 6.44. The molecular weight excluding hydrogens is 188 g/mol. The maximum Gasteiger partial charge on any atom is 0.121 e. The smallest absolute Gasteiger partial charge is 0.121 e. The van der Waals surface area contributed by atoms with Crippen molar-refractivity contribution in [1.29, 1.82) is 0 Å². The van der Waals surface area contributed by atoms with E-state index in [0.29, 0.717) is 6.04 Å². The van der Waals surface area contributed by atoms with Gasteiger partial charge in [-0.15, -0.1) is 0 Å². The number of rotatable bonds is 3. The van der Waals surface area contributed by atoms with Crippen LogP contribution in [0.3, 0.4) is 0 Å². The van der Waals surface area contributed by atoms with Gasteiger partial charge in [0, 0.05) is 12.1 Å². The predicted octanol–water partition coefficient (Wildman–Crippen LogP) is 3.02.